The van der Waals surface area contributed by atoms with Crippen LogP contribution in [0.2, 0.25) is 0 Å². The highest BCUT2D eigenvalue weighted by molar-refractivity contribution is 7.99. The van der Waals surface area contributed by atoms with Gasteiger partial charge in [-0.1, -0.05) is 18.7 Å². The van der Waals surface area contributed by atoms with Gasteiger partial charge in [-0.2, -0.15) is 0 Å². The standard InChI is InChI=1S/C14H24N4O3S2/c1-4-10(2)15-13(19)8-22-14-17-16-12(18(14)3)7-11-5-6-23(20,21)9-11/h10-11H,4-9H2,1-3H3,(H,15,19)/t10-,11+/m0/s1. The SMILES string of the molecule is CC[C@H](C)NC(=O)CSc1nnc(C[C@H]2CCS(=O)(=O)C2)n1C. The van der Waals surface area contributed by atoms with Crippen molar-refractivity contribution in [3.8, 4) is 0 Å². The van der Waals surface area contributed by atoms with Crippen molar-refractivity contribution in [1.29, 1.82) is 0 Å². The van der Waals surface area contributed by atoms with Crippen LogP contribution >= 0.6 is 11.8 Å². The van der Waals surface area contributed by atoms with Crippen molar-refractivity contribution in [3.05, 3.63) is 5.82 Å². The average molecular weight is 361 g/mol. The Kier molecular flexibility index (Phi) is 6.07. The predicted molar refractivity (Wildman–Crippen MR) is 90.1 cm³/mol. The number of carbonyl (C=O) groups excluding carboxylic acids is 1. The van der Waals surface area contributed by atoms with E-state index in [9.17, 15) is 13.2 Å². The van der Waals surface area contributed by atoms with Gasteiger partial charge < -0.3 is 9.88 Å². The highest BCUT2D eigenvalue weighted by Crippen LogP contribution is 2.23. The molecule has 130 valence electrons. The highest BCUT2D eigenvalue weighted by Gasteiger charge is 2.29. The number of hydrogen-bond donors (Lipinski definition) is 1. The van der Waals surface area contributed by atoms with Crippen LogP contribution in [0.15, 0.2) is 5.16 Å². The van der Waals surface area contributed by atoms with Crippen LogP contribution in [0, 0.1) is 5.92 Å². The molecule has 0 unspecified atom stereocenters. The Morgan fingerprint density at radius 2 is 2.22 bits per heavy atom. The summed E-state index contributed by atoms with van der Waals surface area (Å²) in [6.07, 6.45) is 2.20. The second kappa shape index (κ2) is 7.65. The van der Waals surface area contributed by atoms with Crippen LogP contribution in [0.3, 0.4) is 0 Å². The fourth-order valence-electron chi connectivity index (χ4n) is 2.49. The van der Waals surface area contributed by atoms with Crippen LogP contribution in [0.25, 0.3) is 0 Å². The molecule has 0 saturated carbocycles. The molecule has 0 bridgehead atoms. The molecule has 0 radical (unpaired) electrons. The minimum atomic E-state index is -2.87. The van der Waals surface area contributed by atoms with E-state index in [0.29, 0.717) is 23.8 Å². The maximum Gasteiger partial charge on any atom is 0.230 e. The molecule has 9 heteroatoms. The van der Waals surface area contributed by atoms with Gasteiger partial charge in [0, 0.05) is 19.5 Å². The Hall–Kier alpha value is -1.09. The van der Waals surface area contributed by atoms with E-state index in [2.05, 4.69) is 15.5 Å². The topological polar surface area (TPSA) is 94.0 Å². The Balaban J connectivity index is 1.88. The van der Waals surface area contributed by atoms with Crippen molar-refractivity contribution >= 4 is 27.5 Å². The first kappa shape index (κ1) is 18.3. The first-order chi connectivity index (χ1) is 10.8. The summed E-state index contributed by atoms with van der Waals surface area (Å²) < 4.78 is 24.9. The molecule has 2 rings (SSSR count). The summed E-state index contributed by atoms with van der Waals surface area (Å²) in [4.78, 5) is 11.8. The predicted octanol–water partition coefficient (Wildman–Crippen LogP) is 0.799. The number of aromatic nitrogens is 3. The molecular formula is C14H24N4O3S2. The zero-order valence-corrected chi connectivity index (χ0v) is 15.4. The van der Waals surface area contributed by atoms with Crippen molar-refractivity contribution in [2.75, 3.05) is 17.3 Å². The van der Waals surface area contributed by atoms with Crippen LogP contribution in [0.4, 0.5) is 0 Å². The third kappa shape index (κ3) is 5.20. The summed E-state index contributed by atoms with van der Waals surface area (Å²) in [5, 5.41) is 11.9. The maximum atomic E-state index is 11.8. The molecule has 1 aromatic rings. The number of nitrogens with zero attached hydrogens (tertiary/aromatic N) is 3. The summed E-state index contributed by atoms with van der Waals surface area (Å²) in [6, 6.07) is 0.169. The quantitative estimate of drug-likeness (QED) is 0.723. The Bertz CT molecular complexity index is 657. The van der Waals surface area contributed by atoms with Crippen molar-refractivity contribution in [2.24, 2.45) is 13.0 Å². The van der Waals surface area contributed by atoms with Gasteiger partial charge in [-0.15, -0.1) is 10.2 Å². The molecule has 1 aromatic heterocycles. The van der Waals surface area contributed by atoms with Crippen molar-refractivity contribution in [1.82, 2.24) is 20.1 Å². The first-order valence-electron chi connectivity index (χ1n) is 7.81. The van der Waals surface area contributed by atoms with Gasteiger partial charge in [-0.05, 0) is 25.7 Å². The summed E-state index contributed by atoms with van der Waals surface area (Å²) in [5.41, 5.74) is 0. The normalized spacial score (nSPS) is 21.3. The van der Waals surface area contributed by atoms with E-state index in [1.54, 1.807) is 0 Å². The molecule has 7 nitrogen and oxygen atoms in total. The van der Waals surface area contributed by atoms with Crippen LogP contribution in [0.1, 0.15) is 32.5 Å². The third-order valence-corrected chi connectivity index (χ3v) is 6.93. The van der Waals surface area contributed by atoms with E-state index >= 15 is 0 Å². The lowest BCUT2D eigenvalue weighted by molar-refractivity contribution is -0.119. The van der Waals surface area contributed by atoms with Gasteiger partial charge in [0.15, 0.2) is 15.0 Å². The zero-order chi connectivity index (χ0) is 17.0. The largest absolute Gasteiger partial charge is 0.353 e. The summed E-state index contributed by atoms with van der Waals surface area (Å²) in [5.74, 6) is 1.68. The summed E-state index contributed by atoms with van der Waals surface area (Å²) >= 11 is 1.35. The Morgan fingerprint density at radius 3 is 2.83 bits per heavy atom. The number of amides is 1. The Morgan fingerprint density at radius 1 is 1.48 bits per heavy atom. The molecule has 23 heavy (non-hydrogen) atoms. The van der Waals surface area contributed by atoms with Crippen LogP contribution in [0.5, 0.6) is 0 Å². The molecule has 1 N–H and O–H groups in total. The lowest BCUT2D eigenvalue weighted by Crippen LogP contribution is -2.33. The van der Waals surface area contributed by atoms with Gasteiger partial charge in [0.05, 0.1) is 17.3 Å². The fourth-order valence-corrected chi connectivity index (χ4v) is 5.09. The summed E-state index contributed by atoms with van der Waals surface area (Å²) in [6.45, 7) is 3.99. The summed E-state index contributed by atoms with van der Waals surface area (Å²) in [7, 11) is -1.02. The third-order valence-electron chi connectivity index (χ3n) is 4.08. The lowest BCUT2D eigenvalue weighted by Gasteiger charge is -2.11. The van der Waals surface area contributed by atoms with Crippen LogP contribution < -0.4 is 5.32 Å². The van der Waals surface area contributed by atoms with Gasteiger partial charge in [0.1, 0.15) is 5.82 Å². The zero-order valence-electron chi connectivity index (χ0n) is 13.8. The van der Waals surface area contributed by atoms with Crippen LogP contribution in [-0.4, -0.2) is 52.4 Å². The minimum absolute atomic E-state index is 0.0178. The molecule has 1 saturated heterocycles. The van der Waals surface area contributed by atoms with E-state index in [4.69, 9.17) is 0 Å². The molecule has 2 atom stereocenters. The molecule has 1 aliphatic rings. The lowest BCUT2D eigenvalue weighted by atomic mass is 10.1. The van der Waals surface area contributed by atoms with Gasteiger partial charge in [-0.25, -0.2) is 8.42 Å². The number of rotatable bonds is 7. The first-order valence-corrected chi connectivity index (χ1v) is 10.6. The molecule has 2 heterocycles. The molecular weight excluding hydrogens is 336 g/mol. The highest BCUT2D eigenvalue weighted by atomic mass is 32.2. The van der Waals surface area contributed by atoms with Crippen molar-refractivity contribution < 1.29 is 13.2 Å². The Labute approximate surface area is 141 Å². The molecule has 1 amide bonds. The van der Waals surface area contributed by atoms with Gasteiger partial charge in [0.2, 0.25) is 5.91 Å². The second-order valence-electron chi connectivity index (χ2n) is 6.10. The number of thioether (sulfide) groups is 1. The van der Waals surface area contributed by atoms with Gasteiger partial charge >= 0.3 is 0 Å². The van der Waals surface area contributed by atoms with E-state index in [1.807, 2.05) is 25.5 Å². The monoisotopic (exact) mass is 360 g/mol. The molecule has 0 aromatic carbocycles. The number of hydrogen-bond acceptors (Lipinski definition) is 6. The minimum Gasteiger partial charge on any atom is -0.353 e. The average Bonchev–Trinajstić information content (AvgIpc) is 3.00. The smallest absolute Gasteiger partial charge is 0.230 e. The van der Waals surface area contributed by atoms with E-state index in [0.717, 1.165) is 12.2 Å². The fraction of sp³-hybridized carbons (Fsp3) is 0.786. The van der Waals surface area contributed by atoms with Crippen molar-refractivity contribution in [3.63, 3.8) is 0 Å². The van der Waals surface area contributed by atoms with Gasteiger partial charge in [0.25, 0.3) is 0 Å². The van der Waals surface area contributed by atoms with E-state index in [-0.39, 0.29) is 29.4 Å². The second-order valence-corrected chi connectivity index (χ2v) is 9.27. The van der Waals surface area contributed by atoms with Crippen LogP contribution in [-0.2, 0) is 28.1 Å². The van der Waals surface area contributed by atoms with Crippen molar-refractivity contribution in [2.45, 2.75) is 44.3 Å². The van der Waals surface area contributed by atoms with Gasteiger partial charge in [-0.3, -0.25) is 4.79 Å². The van der Waals surface area contributed by atoms with E-state index < -0.39 is 9.84 Å². The maximum absolute atomic E-state index is 11.8. The number of carbonyl (C=O) groups is 1. The van der Waals surface area contributed by atoms with E-state index in [1.165, 1.54) is 11.8 Å². The number of nitrogens with one attached hydrogen (secondary N) is 1. The molecule has 0 spiro atoms. The molecule has 1 aliphatic heterocycles. The molecule has 0 aliphatic carbocycles. The number of sulfone groups is 1. The molecule has 1 fully saturated rings.